The first kappa shape index (κ1) is 18.5. The fourth-order valence-electron chi connectivity index (χ4n) is 2.86. The zero-order valence-corrected chi connectivity index (χ0v) is 15.1. The predicted molar refractivity (Wildman–Crippen MR) is 97.8 cm³/mol. The van der Waals surface area contributed by atoms with Gasteiger partial charge in [0.2, 0.25) is 5.88 Å². The van der Waals surface area contributed by atoms with Crippen LogP contribution in [0.15, 0.2) is 42.6 Å². The van der Waals surface area contributed by atoms with Crippen molar-refractivity contribution in [2.45, 2.75) is 18.9 Å². The molecule has 7 heteroatoms. The van der Waals surface area contributed by atoms with Crippen LogP contribution in [-0.2, 0) is 0 Å². The molecular weight excluding hydrogens is 356 g/mol. The maximum absolute atomic E-state index is 12.8. The molecule has 6 nitrogen and oxygen atoms in total. The number of ether oxygens (including phenoxy) is 2. The van der Waals surface area contributed by atoms with Gasteiger partial charge in [0.05, 0.1) is 6.61 Å². The fourth-order valence-corrected chi connectivity index (χ4v) is 2.99. The van der Waals surface area contributed by atoms with Crippen LogP contribution in [0.4, 0.5) is 0 Å². The molecule has 2 heterocycles. The minimum absolute atomic E-state index is 0.0687. The summed E-state index contributed by atoms with van der Waals surface area (Å²) in [6, 6.07) is 10.7. The highest BCUT2D eigenvalue weighted by atomic mass is 35.5. The van der Waals surface area contributed by atoms with Gasteiger partial charge >= 0.3 is 0 Å². The van der Waals surface area contributed by atoms with Crippen LogP contribution in [0.1, 0.15) is 23.2 Å². The van der Waals surface area contributed by atoms with Crippen molar-refractivity contribution in [3.8, 4) is 11.6 Å². The van der Waals surface area contributed by atoms with Crippen molar-refractivity contribution in [1.82, 2.24) is 9.88 Å². The van der Waals surface area contributed by atoms with Crippen LogP contribution in [0.5, 0.6) is 11.6 Å². The van der Waals surface area contributed by atoms with Crippen molar-refractivity contribution in [2.24, 2.45) is 0 Å². The van der Waals surface area contributed by atoms with Crippen LogP contribution in [0.3, 0.4) is 0 Å². The molecule has 3 rings (SSSR count). The van der Waals surface area contributed by atoms with Gasteiger partial charge in [0.25, 0.3) is 5.91 Å². The summed E-state index contributed by atoms with van der Waals surface area (Å²) < 4.78 is 11.3. The molecule has 0 spiro atoms. The lowest BCUT2D eigenvalue weighted by Crippen LogP contribution is -2.42. The summed E-state index contributed by atoms with van der Waals surface area (Å²) in [6.45, 7) is 1.18. The number of hydrogen-bond donors (Lipinski definition) is 1. The normalized spacial score (nSPS) is 14.9. The molecule has 2 aromatic rings. The molecule has 1 amide bonds. The largest absolute Gasteiger partial charge is 0.490 e. The van der Waals surface area contributed by atoms with Crippen LogP contribution in [0.2, 0.25) is 5.02 Å². The second-order valence-corrected chi connectivity index (χ2v) is 6.43. The number of hydrogen-bond acceptors (Lipinski definition) is 5. The smallest absolute Gasteiger partial charge is 0.259 e. The van der Waals surface area contributed by atoms with Gasteiger partial charge in [-0.1, -0.05) is 11.6 Å². The summed E-state index contributed by atoms with van der Waals surface area (Å²) >= 11 is 5.88. The first-order chi connectivity index (χ1) is 12.7. The Morgan fingerprint density at radius 2 is 1.96 bits per heavy atom. The highest BCUT2D eigenvalue weighted by Crippen LogP contribution is 2.23. The monoisotopic (exact) mass is 376 g/mol. The molecule has 1 saturated heterocycles. The van der Waals surface area contributed by atoms with E-state index in [1.54, 1.807) is 35.4 Å². The number of pyridine rings is 1. The quantitative estimate of drug-likeness (QED) is 0.839. The molecule has 0 saturated carbocycles. The van der Waals surface area contributed by atoms with E-state index in [-0.39, 0.29) is 31.1 Å². The highest BCUT2D eigenvalue weighted by Gasteiger charge is 2.26. The van der Waals surface area contributed by atoms with E-state index in [4.69, 9.17) is 26.2 Å². The average molecular weight is 377 g/mol. The number of piperidine rings is 1. The molecule has 0 atom stereocenters. The summed E-state index contributed by atoms with van der Waals surface area (Å²) in [5, 5.41) is 9.58. The lowest BCUT2D eigenvalue weighted by molar-refractivity contribution is 0.0589. The number of rotatable bonds is 6. The second-order valence-electron chi connectivity index (χ2n) is 5.99. The first-order valence-corrected chi connectivity index (χ1v) is 8.95. The zero-order valence-electron chi connectivity index (χ0n) is 14.3. The standard InChI is InChI=1S/C19H21ClN2O4/c20-14-3-5-15(6-4-14)26-16-7-10-22(11-8-16)19(24)17-2-1-9-21-18(17)25-13-12-23/h1-6,9,16,23H,7-8,10-13H2. The number of halogens is 1. The molecule has 138 valence electrons. The van der Waals surface area contributed by atoms with E-state index in [1.165, 1.54) is 0 Å². The van der Waals surface area contributed by atoms with Crippen molar-refractivity contribution in [3.63, 3.8) is 0 Å². The Labute approximate surface area is 157 Å². The molecule has 26 heavy (non-hydrogen) atoms. The lowest BCUT2D eigenvalue weighted by Gasteiger charge is -2.32. The van der Waals surface area contributed by atoms with Gasteiger partial charge in [-0.05, 0) is 36.4 Å². The Morgan fingerprint density at radius 3 is 2.65 bits per heavy atom. The van der Waals surface area contributed by atoms with Gasteiger partial charge in [-0.2, -0.15) is 0 Å². The van der Waals surface area contributed by atoms with E-state index in [2.05, 4.69) is 4.98 Å². The molecule has 1 aliphatic heterocycles. The van der Waals surface area contributed by atoms with Gasteiger partial charge in [0, 0.05) is 37.2 Å². The molecule has 0 unspecified atom stereocenters. The number of benzene rings is 1. The Kier molecular flexibility index (Phi) is 6.30. The molecule has 0 bridgehead atoms. The minimum Gasteiger partial charge on any atom is -0.490 e. The van der Waals surface area contributed by atoms with E-state index in [1.807, 2.05) is 12.1 Å². The van der Waals surface area contributed by atoms with Crippen molar-refractivity contribution in [2.75, 3.05) is 26.3 Å². The number of carbonyl (C=O) groups excluding carboxylic acids is 1. The molecular formula is C19H21ClN2O4. The van der Waals surface area contributed by atoms with Gasteiger partial charge in [-0.25, -0.2) is 4.98 Å². The molecule has 0 radical (unpaired) electrons. The van der Waals surface area contributed by atoms with E-state index in [0.29, 0.717) is 23.7 Å². The Balaban J connectivity index is 1.57. The van der Waals surface area contributed by atoms with Gasteiger partial charge in [0.1, 0.15) is 24.0 Å². The summed E-state index contributed by atoms with van der Waals surface area (Å²) in [5.41, 5.74) is 0.415. The maximum Gasteiger partial charge on any atom is 0.259 e. The topological polar surface area (TPSA) is 71.9 Å². The van der Waals surface area contributed by atoms with Crippen molar-refractivity contribution in [1.29, 1.82) is 0 Å². The summed E-state index contributed by atoms with van der Waals surface area (Å²) in [6.07, 6.45) is 3.14. The Bertz CT molecular complexity index is 731. The van der Waals surface area contributed by atoms with Crippen LogP contribution >= 0.6 is 11.6 Å². The van der Waals surface area contributed by atoms with Crippen LogP contribution in [0.25, 0.3) is 0 Å². The second kappa shape index (κ2) is 8.87. The third-order valence-corrected chi connectivity index (χ3v) is 4.43. The number of aromatic nitrogens is 1. The van der Waals surface area contributed by atoms with E-state index >= 15 is 0 Å². The minimum atomic E-state index is -0.127. The van der Waals surface area contributed by atoms with Crippen LogP contribution in [-0.4, -0.2) is 53.3 Å². The molecule has 1 fully saturated rings. The summed E-state index contributed by atoms with van der Waals surface area (Å²) in [7, 11) is 0. The molecule has 0 aliphatic carbocycles. The number of aliphatic hydroxyl groups is 1. The number of carbonyl (C=O) groups is 1. The third kappa shape index (κ3) is 4.65. The molecule has 1 aromatic heterocycles. The average Bonchev–Trinajstić information content (AvgIpc) is 2.68. The van der Waals surface area contributed by atoms with Crippen LogP contribution < -0.4 is 9.47 Å². The van der Waals surface area contributed by atoms with E-state index < -0.39 is 0 Å². The Morgan fingerprint density at radius 1 is 1.23 bits per heavy atom. The molecule has 1 aromatic carbocycles. The van der Waals surface area contributed by atoms with Crippen LogP contribution in [0, 0.1) is 0 Å². The summed E-state index contributed by atoms with van der Waals surface area (Å²) in [5.74, 6) is 0.924. The molecule has 1 N–H and O–H groups in total. The SMILES string of the molecule is O=C(c1cccnc1OCCO)N1CCC(Oc2ccc(Cl)cc2)CC1. The maximum atomic E-state index is 12.8. The third-order valence-electron chi connectivity index (χ3n) is 4.18. The van der Waals surface area contributed by atoms with E-state index in [0.717, 1.165) is 18.6 Å². The van der Waals surface area contributed by atoms with Crippen molar-refractivity contribution in [3.05, 3.63) is 53.2 Å². The Hall–Kier alpha value is -2.31. The lowest BCUT2D eigenvalue weighted by atomic mass is 10.1. The van der Waals surface area contributed by atoms with Crippen molar-refractivity contribution < 1.29 is 19.4 Å². The van der Waals surface area contributed by atoms with E-state index in [9.17, 15) is 4.79 Å². The summed E-state index contributed by atoms with van der Waals surface area (Å²) in [4.78, 5) is 18.7. The molecule has 1 aliphatic rings. The van der Waals surface area contributed by atoms with Gasteiger partial charge in [-0.15, -0.1) is 0 Å². The number of nitrogens with zero attached hydrogens (tertiary/aromatic N) is 2. The zero-order chi connectivity index (χ0) is 18.4. The van der Waals surface area contributed by atoms with Gasteiger partial charge in [-0.3, -0.25) is 4.79 Å². The van der Waals surface area contributed by atoms with Gasteiger partial charge < -0.3 is 19.5 Å². The number of likely N-dealkylation sites (tertiary alicyclic amines) is 1. The highest BCUT2D eigenvalue weighted by molar-refractivity contribution is 6.30. The predicted octanol–water partition coefficient (Wildman–Crippen LogP) is 2.79. The fraction of sp³-hybridized carbons (Fsp3) is 0.368. The van der Waals surface area contributed by atoms with Crippen molar-refractivity contribution >= 4 is 17.5 Å². The van der Waals surface area contributed by atoms with Gasteiger partial charge in [0.15, 0.2) is 0 Å². The number of aliphatic hydroxyl groups excluding tert-OH is 1. The number of amides is 1. The first-order valence-electron chi connectivity index (χ1n) is 8.57.